The maximum Gasteiger partial charge on any atom is 0.253 e. The third kappa shape index (κ3) is 4.47. The lowest BCUT2D eigenvalue weighted by Crippen LogP contribution is -2.57. The van der Waals surface area contributed by atoms with E-state index in [4.69, 9.17) is 4.74 Å². The number of nitrogens with zero attached hydrogens (tertiary/aromatic N) is 3. The molecule has 3 fully saturated rings. The van der Waals surface area contributed by atoms with Crippen molar-refractivity contribution in [1.82, 2.24) is 9.80 Å². The number of para-hydroxylation sites is 1. The van der Waals surface area contributed by atoms with Crippen LogP contribution >= 0.6 is 0 Å². The number of ether oxygens (including phenoxy) is 1. The molecule has 0 aliphatic carbocycles. The van der Waals surface area contributed by atoms with Crippen LogP contribution in [-0.4, -0.2) is 83.2 Å². The van der Waals surface area contributed by atoms with Crippen molar-refractivity contribution in [2.45, 2.75) is 64.2 Å². The molecule has 0 aromatic heterocycles. The van der Waals surface area contributed by atoms with Gasteiger partial charge in [0.25, 0.3) is 5.91 Å². The Morgan fingerprint density at radius 1 is 1.18 bits per heavy atom. The summed E-state index contributed by atoms with van der Waals surface area (Å²) in [5.74, 6) is -1.93. The summed E-state index contributed by atoms with van der Waals surface area (Å²) in [5, 5.41) is 9.60. The van der Waals surface area contributed by atoms with E-state index < -0.39 is 29.6 Å². The molecule has 0 radical (unpaired) electrons. The first-order valence-corrected chi connectivity index (χ1v) is 13.7. The monoisotopic (exact) mass is 523 g/mol. The van der Waals surface area contributed by atoms with E-state index >= 15 is 0 Å². The van der Waals surface area contributed by atoms with Crippen molar-refractivity contribution in [3.63, 3.8) is 0 Å². The van der Waals surface area contributed by atoms with Crippen LogP contribution in [0.5, 0.6) is 0 Å². The number of aryl methyl sites for hydroxylation is 2. The fourth-order valence-corrected chi connectivity index (χ4v) is 6.92. The van der Waals surface area contributed by atoms with E-state index in [1.54, 1.807) is 26.9 Å². The number of hydrogen-bond acceptors (Lipinski definition) is 5. The maximum absolute atomic E-state index is 14.5. The number of rotatable bonds is 12. The first-order valence-electron chi connectivity index (χ1n) is 13.7. The molecule has 3 heterocycles. The van der Waals surface area contributed by atoms with Crippen molar-refractivity contribution in [3.8, 4) is 0 Å². The number of aliphatic hydroxyl groups is 1. The van der Waals surface area contributed by atoms with Crippen LogP contribution in [0, 0.1) is 25.7 Å². The van der Waals surface area contributed by atoms with E-state index in [0.29, 0.717) is 32.4 Å². The van der Waals surface area contributed by atoms with Gasteiger partial charge in [-0.2, -0.15) is 0 Å². The van der Waals surface area contributed by atoms with Gasteiger partial charge in [-0.05, 0) is 50.7 Å². The Bertz CT molecular complexity index is 1080. The van der Waals surface area contributed by atoms with Gasteiger partial charge in [0.15, 0.2) is 0 Å². The predicted molar refractivity (Wildman–Crippen MR) is 147 cm³/mol. The largest absolute Gasteiger partial charge is 0.396 e. The number of hydrogen-bond donors (Lipinski definition) is 1. The molecule has 2 unspecified atom stereocenters. The standard InChI is InChI=1S/C30H41N3O5/c1-6-15-31(16-7-2)27(35)23-22-13-14-30(38-22)24(23)28(36)33(18-10-19-34)26(30)29(37)32(17-8-3)25-20(4)11-9-12-21(25)5/h6,8-9,11-12,22-24,26,34H,1,3,7,10,13-19H2,2,4-5H3/t22-,23+,24+,26?,30?/m1/s1. The topological polar surface area (TPSA) is 90.4 Å². The van der Waals surface area contributed by atoms with Gasteiger partial charge in [0.2, 0.25) is 11.8 Å². The van der Waals surface area contributed by atoms with E-state index in [-0.39, 0.29) is 37.4 Å². The van der Waals surface area contributed by atoms with Crippen molar-refractivity contribution in [1.29, 1.82) is 0 Å². The number of carbonyl (C=O) groups is 3. The molecular formula is C30H41N3O5. The van der Waals surface area contributed by atoms with Crippen LogP contribution < -0.4 is 4.90 Å². The normalized spacial score (nSPS) is 27.4. The molecule has 1 aromatic rings. The molecule has 4 rings (SSSR count). The highest BCUT2D eigenvalue weighted by Crippen LogP contribution is 2.59. The molecule has 3 aliphatic rings. The Hall–Kier alpha value is -2.97. The van der Waals surface area contributed by atoms with Gasteiger partial charge in [0.05, 0.1) is 17.9 Å². The summed E-state index contributed by atoms with van der Waals surface area (Å²) in [4.78, 5) is 47.5. The zero-order valence-electron chi connectivity index (χ0n) is 22.9. The molecule has 1 N–H and O–H groups in total. The second kappa shape index (κ2) is 11.4. The van der Waals surface area contributed by atoms with Crippen LogP contribution in [0.3, 0.4) is 0 Å². The lowest BCUT2D eigenvalue weighted by molar-refractivity contribution is -0.145. The quantitative estimate of drug-likeness (QED) is 0.426. The Kier molecular flexibility index (Phi) is 8.43. The fourth-order valence-electron chi connectivity index (χ4n) is 6.92. The second-order valence-corrected chi connectivity index (χ2v) is 10.7. The molecule has 2 bridgehead atoms. The van der Waals surface area contributed by atoms with Crippen LogP contribution in [0.15, 0.2) is 43.5 Å². The number of benzene rings is 1. The summed E-state index contributed by atoms with van der Waals surface area (Å²) in [6, 6.07) is 5.00. The smallest absolute Gasteiger partial charge is 0.253 e. The lowest BCUT2D eigenvalue weighted by atomic mass is 9.70. The molecule has 38 heavy (non-hydrogen) atoms. The van der Waals surface area contributed by atoms with Gasteiger partial charge in [-0.15, -0.1) is 13.2 Å². The minimum atomic E-state index is -1.07. The summed E-state index contributed by atoms with van der Waals surface area (Å²) in [5.41, 5.74) is 1.62. The Morgan fingerprint density at radius 2 is 1.87 bits per heavy atom. The van der Waals surface area contributed by atoms with Crippen molar-refractivity contribution in [3.05, 3.63) is 54.6 Å². The zero-order chi connectivity index (χ0) is 27.6. The highest BCUT2D eigenvalue weighted by atomic mass is 16.5. The summed E-state index contributed by atoms with van der Waals surface area (Å²) >= 11 is 0. The fraction of sp³-hybridized carbons (Fsp3) is 0.567. The van der Waals surface area contributed by atoms with Crippen LogP contribution in [0.25, 0.3) is 0 Å². The molecule has 0 saturated carbocycles. The molecule has 8 heteroatoms. The van der Waals surface area contributed by atoms with Gasteiger partial charge in [-0.25, -0.2) is 0 Å². The molecule has 8 nitrogen and oxygen atoms in total. The lowest BCUT2D eigenvalue weighted by Gasteiger charge is -2.37. The van der Waals surface area contributed by atoms with Crippen molar-refractivity contribution >= 4 is 23.4 Å². The third-order valence-corrected chi connectivity index (χ3v) is 8.32. The Balaban J connectivity index is 1.78. The van der Waals surface area contributed by atoms with E-state index in [0.717, 1.165) is 23.2 Å². The molecule has 5 atom stereocenters. The zero-order valence-corrected chi connectivity index (χ0v) is 22.9. The first kappa shape index (κ1) is 28.0. The van der Waals surface area contributed by atoms with E-state index in [2.05, 4.69) is 13.2 Å². The Morgan fingerprint density at radius 3 is 2.47 bits per heavy atom. The summed E-state index contributed by atoms with van der Waals surface area (Å²) in [7, 11) is 0. The van der Waals surface area contributed by atoms with E-state index in [1.807, 2.05) is 39.0 Å². The number of likely N-dealkylation sites (tertiary alicyclic amines) is 1. The van der Waals surface area contributed by atoms with Gasteiger partial charge in [-0.1, -0.05) is 37.3 Å². The second-order valence-electron chi connectivity index (χ2n) is 10.7. The van der Waals surface area contributed by atoms with Crippen LogP contribution in [0.2, 0.25) is 0 Å². The van der Waals surface area contributed by atoms with Gasteiger partial charge < -0.3 is 24.5 Å². The number of amides is 3. The van der Waals surface area contributed by atoms with Gasteiger partial charge in [0.1, 0.15) is 11.6 Å². The average Bonchev–Trinajstić information content (AvgIpc) is 3.53. The molecule has 3 aliphatic heterocycles. The molecule has 1 spiro atoms. The molecule has 1 aromatic carbocycles. The number of fused-ring (bicyclic) bond motifs is 1. The maximum atomic E-state index is 14.5. The summed E-state index contributed by atoms with van der Waals surface area (Å²) < 4.78 is 6.59. The van der Waals surface area contributed by atoms with Crippen molar-refractivity contribution < 1.29 is 24.2 Å². The van der Waals surface area contributed by atoms with Crippen LogP contribution in [0.4, 0.5) is 5.69 Å². The average molecular weight is 524 g/mol. The molecule has 3 saturated heterocycles. The molecule has 206 valence electrons. The number of anilines is 1. The summed E-state index contributed by atoms with van der Waals surface area (Å²) in [6.07, 6.45) is 5.27. The number of carbonyl (C=O) groups excluding carboxylic acids is 3. The Labute approximate surface area is 225 Å². The minimum Gasteiger partial charge on any atom is -0.396 e. The van der Waals surface area contributed by atoms with Gasteiger partial charge in [-0.3, -0.25) is 14.4 Å². The SMILES string of the molecule is C=CCN(CCC)C(=O)[C@@H]1[C@H]2C(=O)N(CCCO)C(C(=O)N(CC=C)c3c(C)cccc3C)C23CC[C@H]1O3. The summed E-state index contributed by atoms with van der Waals surface area (Å²) in [6.45, 7) is 15.0. The molecular weight excluding hydrogens is 482 g/mol. The first-order chi connectivity index (χ1) is 18.3. The third-order valence-electron chi connectivity index (χ3n) is 8.32. The van der Waals surface area contributed by atoms with Crippen molar-refractivity contribution in [2.75, 3.05) is 37.7 Å². The van der Waals surface area contributed by atoms with E-state index in [1.165, 1.54) is 0 Å². The van der Waals surface area contributed by atoms with E-state index in [9.17, 15) is 19.5 Å². The number of aliphatic hydroxyl groups excluding tert-OH is 1. The van der Waals surface area contributed by atoms with Gasteiger partial charge in [0, 0.05) is 38.5 Å². The van der Waals surface area contributed by atoms with Crippen molar-refractivity contribution in [2.24, 2.45) is 11.8 Å². The minimum absolute atomic E-state index is 0.106. The highest BCUT2D eigenvalue weighted by Gasteiger charge is 2.74. The van der Waals surface area contributed by atoms with Gasteiger partial charge >= 0.3 is 0 Å². The van der Waals surface area contributed by atoms with Crippen LogP contribution in [-0.2, 0) is 19.1 Å². The molecule has 3 amide bonds. The predicted octanol–water partition coefficient (Wildman–Crippen LogP) is 3.00. The van der Waals surface area contributed by atoms with Crippen LogP contribution in [0.1, 0.15) is 43.7 Å². The highest BCUT2D eigenvalue weighted by molar-refractivity contribution is 6.05.